The summed E-state index contributed by atoms with van der Waals surface area (Å²) in [6, 6.07) is 16.7. The third kappa shape index (κ3) is 9.75. The van der Waals surface area contributed by atoms with Crippen molar-refractivity contribution >= 4 is 29.9 Å². The normalized spacial score (nSPS) is 10.9. The topological polar surface area (TPSA) is 49.3 Å². The number of hydrogen-bond donors (Lipinski definition) is 2. The quantitative estimate of drug-likeness (QED) is 0.239. The summed E-state index contributed by atoms with van der Waals surface area (Å²) in [4.78, 5) is 9.01. The van der Waals surface area contributed by atoms with Crippen LogP contribution in [-0.2, 0) is 12.8 Å². The minimum Gasteiger partial charge on any atom is -0.357 e. The highest BCUT2D eigenvalue weighted by Crippen LogP contribution is 2.06. The first kappa shape index (κ1) is 22.4. The molecule has 2 aromatic rings. The zero-order valence-corrected chi connectivity index (χ0v) is 18.0. The van der Waals surface area contributed by atoms with E-state index in [0.717, 1.165) is 50.6 Å². The van der Waals surface area contributed by atoms with Gasteiger partial charge in [-0.3, -0.25) is 9.98 Å². The van der Waals surface area contributed by atoms with Gasteiger partial charge in [-0.2, -0.15) is 0 Å². The van der Waals surface area contributed by atoms with Crippen LogP contribution in [0.25, 0.3) is 0 Å². The molecule has 1 aromatic heterocycles. The largest absolute Gasteiger partial charge is 0.357 e. The molecule has 0 aliphatic heterocycles. The van der Waals surface area contributed by atoms with E-state index in [1.54, 1.807) is 0 Å². The molecular weight excluding hydrogens is 435 g/mol. The number of aryl methyl sites for hydroxylation is 1. The van der Waals surface area contributed by atoms with E-state index in [4.69, 9.17) is 0 Å². The average molecular weight is 466 g/mol. The van der Waals surface area contributed by atoms with Crippen molar-refractivity contribution in [1.29, 1.82) is 0 Å². The van der Waals surface area contributed by atoms with Crippen LogP contribution in [0.3, 0.4) is 0 Å². The van der Waals surface area contributed by atoms with Crippen molar-refractivity contribution in [3.63, 3.8) is 0 Å². The molecule has 0 amide bonds. The lowest BCUT2D eigenvalue weighted by molar-refractivity contribution is 0.681. The monoisotopic (exact) mass is 466 g/mol. The minimum absolute atomic E-state index is 0. The summed E-state index contributed by atoms with van der Waals surface area (Å²) >= 11 is 0. The molecule has 2 N–H and O–H groups in total. The van der Waals surface area contributed by atoms with Gasteiger partial charge in [0.15, 0.2) is 5.96 Å². The Morgan fingerprint density at radius 3 is 2.46 bits per heavy atom. The molecule has 1 heterocycles. The second-order valence-corrected chi connectivity index (χ2v) is 6.05. The Balaban J connectivity index is 0.00000338. The number of aromatic nitrogens is 1. The van der Waals surface area contributed by atoms with Crippen LogP contribution >= 0.6 is 24.0 Å². The highest BCUT2D eigenvalue weighted by Gasteiger charge is 1.98. The lowest BCUT2D eigenvalue weighted by Gasteiger charge is -2.11. The van der Waals surface area contributed by atoms with Crippen LogP contribution in [0.1, 0.15) is 37.4 Å². The van der Waals surface area contributed by atoms with Crippen molar-refractivity contribution in [1.82, 2.24) is 15.6 Å². The van der Waals surface area contributed by atoms with Crippen LogP contribution in [0, 0.1) is 0 Å². The fourth-order valence-electron chi connectivity index (χ4n) is 2.65. The molecule has 26 heavy (non-hydrogen) atoms. The SMILES string of the molecule is CCNC(=NCCCCCc1ccccc1)NCCc1ccccn1.I. The van der Waals surface area contributed by atoms with Crippen LogP contribution in [0.4, 0.5) is 0 Å². The molecule has 2 rings (SSSR count). The molecule has 0 unspecified atom stereocenters. The summed E-state index contributed by atoms with van der Waals surface area (Å²) in [5, 5.41) is 6.69. The van der Waals surface area contributed by atoms with Gasteiger partial charge in [-0.05, 0) is 43.9 Å². The summed E-state index contributed by atoms with van der Waals surface area (Å²) < 4.78 is 0. The van der Waals surface area contributed by atoms with Gasteiger partial charge in [0, 0.05) is 37.9 Å². The second-order valence-electron chi connectivity index (χ2n) is 6.05. The maximum absolute atomic E-state index is 4.66. The number of benzene rings is 1. The van der Waals surface area contributed by atoms with Crippen molar-refractivity contribution in [2.75, 3.05) is 19.6 Å². The summed E-state index contributed by atoms with van der Waals surface area (Å²) in [5.74, 6) is 0.904. The number of aliphatic imine (C=N–C) groups is 1. The molecule has 0 saturated carbocycles. The van der Waals surface area contributed by atoms with Gasteiger partial charge in [0.2, 0.25) is 0 Å². The predicted molar refractivity (Wildman–Crippen MR) is 121 cm³/mol. The van der Waals surface area contributed by atoms with Crippen LogP contribution in [0.2, 0.25) is 0 Å². The van der Waals surface area contributed by atoms with Gasteiger partial charge in [0.05, 0.1) is 0 Å². The molecule has 0 atom stereocenters. The van der Waals surface area contributed by atoms with Gasteiger partial charge in [-0.25, -0.2) is 0 Å². The van der Waals surface area contributed by atoms with Crippen LogP contribution in [0.5, 0.6) is 0 Å². The van der Waals surface area contributed by atoms with E-state index in [-0.39, 0.29) is 24.0 Å². The molecule has 0 aliphatic rings. The number of nitrogens with one attached hydrogen (secondary N) is 2. The Hall–Kier alpha value is -1.63. The van der Waals surface area contributed by atoms with Gasteiger partial charge < -0.3 is 10.6 Å². The Kier molecular flexibility index (Phi) is 12.5. The van der Waals surface area contributed by atoms with Crippen molar-refractivity contribution < 1.29 is 0 Å². The fourth-order valence-corrected chi connectivity index (χ4v) is 2.65. The Labute approximate surface area is 174 Å². The zero-order chi connectivity index (χ0) is 17.6. The van der Waals surface area contributed by atoms with Gasteiger partial charge >= 0.3 is 0 Å². The lowest BCUT2D eigenvalue weighted by Crippen LogP contribution is -2.38. The summed E-state index contributed by atoms with van der Waals surface area (Å²) in [6.45, 7) is 4.68. The number of guanidine groups is 1. The predicted octanol–water partition coefficient (Wildman–Crippen LogP) is 4.21. The number of halogens is 1. The molecule has 1 aromatic carbocycles. The summed E-state index contributed by atoms with van der Waals surface area (Å²) in [6.07, 6.45) is 7.47. The fraction of sp³-hybridized carbons (Fsp3) is 0.429. The first-order chi connectivity index (χ1) is 12.4. The molecule has 0 bridgehead atoms. The van der Waals surface area contributed by atoms with E-state index in [1.165, 1.54) is 18.4 Å². The van der Waals surface area contributed by atoms with Gasteiger partial charge in [-0.1, -0.05) is 42.8 Å². The standard InChI is InChI=1S/C21H30N4.HI/c1-2-22-21(25-18-15-20-14-8-10-16-23-20)24-17-9-4-7-13-19-11-5-3-6-12-19;/h3,5-6,8,10-12,14,16H,2,4,7,9,13,15,17-18H2,1H3,(H2,22,24,25);1H. The van der Waals surface area contributed by atoms with E-state index >= 15 is 0 Å². The van der Waals surface area contributed by atoms with Crippen molar-refractivity contribution in [3.8, 4) is 0 Å². The van der Waals surface area contributed by atoms with E-state index in [1.807, 2.05) is 18.3 Å². The lowest BCUT2D eigenvalue weighted by atomic mass is 10.1. The van der Waals surface area contributed by atoms with Crippen LogP contribution in [0.15, 0.2) is 59.7 Å². The van der Waals surface area contributed by atoms with E-state index < -0.39 is 0 Å². The molecule has 142 valence electrons. The third-order valence-corrected chi connectivity index (χ3v) is 3.98. The molecule has 0 spiro atoms. The van der Waals surface area contributed by atoms with Crippen LogP contribution < -0.4 is 10.6 Å². The summed E-state index contributed by atoms with van der Waals surface area (Å²) in [7, 11) is 0. The molecule has 4 nitrogen and oxygen atoms in total. The highest BCUT2D eigenvalue weighted by atomic mass is 127. The minimum atomic E-state index is 0. The maximum Gasteiger partial charge on any atom is 0.191 e. The van der Waals surface area contributed by atoms with Gasteiger partial charge in [0.25, 0.3) is 0 Å². The number of unbranched alkanes of at least 4 members (excludes halogenated alkanes) is 2. The molecule has 0 radical (unpaired) electrons. The second kappa shape index (κ2) is 14.5. The van der Waals surface area contributed by atoms with Crippen molar-refractivity contribution in [3.05, 3.63) is 66.0 Å². The number of pyridine rings is 1. The number of hydrogen-bond acceptors (Lipinski definition) is 2. The van der Waals surface area contributed by atoms with E-state index in [2.05, 4.69) is 63.9 Å². The number of nitrogens with zero attached hydrogens (tertiary/aromatic N) is 2. The maximum atomic E-state index is 4.66. The van der Waals surface area contributed by atoms with Crippen molar-refractivity contribution in [2.45, 2.75) is 39.0 Å². The van der Waals surface area contributed by atoms with Gasteiger partial charge in [0.1, 0.15) is 0 Å². The molecule has 0 fully saturated rings. The highest BCUT2D eigenvalue weighted by molar-refractivity contribution is 14.0. The van der Waals surface area contributed by atoms with E-state index in [0.29, 0.717) is 0 Å². The summed E-state index contributed by atoms with van der Waals surface area (Å²) in [5.41, 5.74) is 2.53. The molecule has 5 heteroatoms. The zero-order valence-electron chi connectivity index (χ0n) is 15.7. The first-order valence-electron chi connectivity index (χ1n) is 9.34. The van der Waals surface area contributed by atoms with Crippen LogP contribution in [-0.4, -0.2) is 30.6 Å². The smallest absolute Gasteiger partial charge is 0.191 e. The Bertz CT molecular complexity index is 602. The van der Waals surface area contributed by atoms with Gasteiger partial charge in [-0.15, -0.1) is 24.0 Å². The first-order valence-corrected chi connectivity index (χ1v) is 9.34. The Morgan fingerprint density at radius 2 is 1.73 bits per heavy atom. The average Bonchev–Trinajstić information content (AvgIpc) is 2.66. The van der Waals surface area contributed by atoms with Crippen molar-refractivity contribution in [2.24, 2.45) is 4.99 Å². The number of rotatable bonds is 10. The van der Waals surface area contributed by atoms with E-state index in [9.17, 15) is 0 Å². The Morgan fingerprint density at radius 1 is 0.923 bits per heavy atom. The molecular formula is C21H31IN4. The third-order valence-electron chi connectivity index (χ3n) is 3.98. The molecule has 0 aliphatic carbocycles. The molecule has 0 saturated heterocycles.